The van der Waals surface area contributed by atoms with Crippen molar-refractivity contribution in [3.05, 3.63) is 72.9 Å². The van der Waals surface area contributed by atoms with Crippen LogP contribution in [0.25, 0.3) is 0 Å². The summed E-state index contributed by atoms with van der Waals surface area (Å²) < 4.78 is 16.8. The predicted molar refractivity (Wildman–Crippen MR) is 265 cm³/mol. The smallest absolute Gasteiger partial charge is 0.306 e. The monoisotopic (exact) mass is 865 g/mol. The number of hydrogen-bond donors (Lipinski definition) is 0. The van der Waals surface area contributed by atoms with Crippen LogP contribution in [0.5, 0.6) is 0 Å². The minimum atomic E-state index is -0.790. The molecule has 0 fully saturated rings. The predicted octanol–water partition coefficient (Wildman–Crippen LogP) is 17.0. The second kappa shape index (κ2) is 50.5. The fourth-order valence-corrected chi connectivity index (χ4v) is 6.95. The van der Waals surface area contributed by atoms with Gasteiger partial charge < -0.3 is 14.2 Å². The quantitative estimate of drug-likeness (QED) is 0.0262. The largest absolute Gasteiger partial charge is 0.462 e. The van der Waals surface area contributed by atoms with E-state index < -0.39 is 6.10 Å². The van der Waals surface area contributed by atoms with E-state index in [1.807, 2.05) is 0 Å². The van der Waals surface area contributed by atoms with Gasteiger partial charge in [-0.3, -0.25) is 14.4 Å². The second-order valence-corrected chi connectivity index (χ2v) is 17.1. The van der Waals surface area contributed by atoms with Crippen LogP contribution in [0.2, 0.25) is 0 Å². The molecule has 0 spiro atoms. The Morgan fingerprint density at radius 1 is 0.323 bits per heavy atom. The lowest BCUT2D eigenvalue weighted by Gasteiger charge is -2.18. The van der Waals surface area contributed by atoms with E-state index in [1.165, 1.54) is 83.5 Å². The molecule has 0 saturated carbocycles. The third-order valence-corrected chi connectivity index (χ3v) is 10.9. The van der Waals surface area contributed by atoms with Crippen molar-refractivity contribution in [3.63, 3.8) is 0 Å². The van der Waals surface area contributed by atoms with Crippen LogP contribution in [0.15, 0.2) is 72.9 Å². The zero-order valence-electron chi connectivity index (χ0n) is 40.6. The fourth-order valence-electron chi connectivity index (χ4n) is 6.95. The molecule has 0 bridgehead atoms. The Bertz CT molecular complexity index is 1180. The van der Waals surface area contributed by atoms with Gasteiger partial charge in [0.2, 0.25) is 0 Å². The molecule has 6 nitrogen and oxygen atoms in total. The van der Waals surface area contributed by atoms with Crippen LogP contribution < -0.4 is 0 Å². The van der Waals surface area contributed by atoms with Gasteiger partial charge >= 0.3 is 17.9 Å². The van der Waals surface area contributed by atoms with E-state index in [9.17, 15) is 14.4 Å². The summed E-state index contributed by atoms with van der Waals surface area (Å²) in [6, 6.07) is 0. The van der Waals surface area contributed by atoms with Crippen molar-refractivity contribution in [1.82, 2.24) is 0 Å². The zero-order valence-corrected chi connectivity index (χ0v) is 40.6. The number of carbonyl (C=O) groups excluding carboxylic acids is 3. The summed E-state index contributed by atoms with van der Waals surface area (Å²) in [5, 5.41) is 0. The van der Waals surface area contributed by atoms with Gasteiger partial charge in [0.25, 0.3) is 0 Å². The maximum absolute atomic E-state index is 12.8. The van der Waals surface area contributed by atoms with Gasteiger partial charge in [-0.2, -0.15) is 0 Å². The molecule has 0 radical (unpaired) electrons. The van der Waals surface area contributed by atoms with Crippen molar-refractivity contribution < 1.29 is 28.6 Å². The van der Waals surface area contributed by atoms with Crippen LogP contribution in [0.3, 0.4) is 0 Å². The molecular weight excluding hydrogens is 769 g/mol. The Morgan fingerprint density at radius 2 is 0.613 bits per heavy atom. The second-order valence-electron chi connectivity index (χ2n) is 17.1. The van der Waals surface area contributed by atoms with Crippen LogP contribution in [0, 0.1) is 0 Å². The molecule has 62 heavy (non-hydrogen) atoms. The molecule has 0 aromatic carbocycles. The van der Waals surface area contributed by atoms with Crippen molar-refractivity contribution in [1.29, 1.82) is 0 Å². The van der Waals surface area contributed by atoms with Crippen LogP contribution in [0.1, 0.15) is 245 Å². The molecular formula is C56H96O6. The van der Waals surface area contributed by atoms with Gasteiger partial charge in [0, 0.05) is 19.3 Å². The summed E-state index contributed by atoms with van der Waals surface area (Å²) in [7, 11) is 0. The molecule has 0 N–H and O–H groups in total. The highest BCUT2D eigenvalue weighted by atomic mass is 16.6. The molecule has 0 aliphatic heterocycles. The van der Waals surface area contributed by atoms with E-state index in [4.69, 9.17) is 14.2 Å². The topological polar surface area (TPSA) is 78.9 Å². The number of hydrogen-bond acceptors (Lipinski definition) is 6. The number of esters is 3. The summed E-state index contributed by atoms with van der Waals surface area (Å²) in [6.07, 6.45) is 63.1. The van der Waals surface area contributed by atoms with Crippen LogP contribution >= 0.6 is 0 Å². The van der Waals surface area contributed by atoms with Gasteiger partial charge in [-0.05, 0) is 109 Å². The number of ether oxygens (including phenoxy) is 3. The van der Waals surface area contributed by atoms with E-state index in [0.29, 0.717) is 19.3 Å². The minimum Gasteiger partial charge on any atom is -0.462 e. The summed E-state index contributed by atoms with van der Waals surface area (Å²) in [4.78, 5) is 37.9. The molecule has 356 valence electrons. The average molecular weight is 865 g/mol. The highest BCUT2D eigenvalue weighted by molar-refractivity contribution is 5.71. The molecule has 0 aromatic heterocycles. The van der Waals surface area contributed by atoms with Crippen molar-refractivity contribution in [2.24, 2.45) is 0 Å². The normalized spacial score (nSPS) is 12.6. The third kappa shape index (κ3) is 47.9. The van der Waals surface area contributed by atoms with E-state index in [0.717, 1.165) is 122 Å². The van der Waals surface area contributed by atoms with Gasteiger partial charge in [0.15, 0.2) is 6.10 Å². The number of rotatable bonds is 46. The zero-order chi connectivity index (χ0) is 45.1. The molecule has 0 rings (SSSR count). The van der Waals surface area contributed by atoms with Gasteiger partial charge in [-0.15, -0.1) is 0 Å². The first-order valence-electron chi connectivity index (χ1n) is 25.9. The minimum absolute atomic E-state index is 0.0904. The molecule has 1 atom stereocenters. The molecule has 0 saturated heterocycles. The van der Waals surface area contributed by atoms with Crippen LogP contribution in [-0.4, -0.2) is 37.2 Å². The average Bonchev–Trinajstić information content (AvgIpc) is 3.27. The van der Waals surface area contributed by atoms with E-state index in [1.54, 1.807) is 0 Å². The number of carbonyl (C=O) groups is 3. The summed E-state index contributed by atoms with van der Waals surface area (Å²) in [6.45, 7) is 6.49. The van der Waals surface area contributed by atoms with E-state index in [2.05, 4.69) is 93.7 Å². The lowest BCUT2D eigenvalue weighted by Crippen LogP contribution is -2.30. The van der Waals surface area contributed by atoms with Crippen molar-refractivity contribution in [2.45, 2.75) is 252 Å². The van der Waals surface area contributed by atoms with Crippen molar-refractivity contribution >= 4 is 17.9 Å². The van der Waals surface area contributed by atoms with Gasteiger partial charge in [0.1, 0.15) is 13.2 Å². The maximum Gasteiger partial charge on any atom is 0.306 e. The molecule has 0 heterocycles. The van der Waals surface area contributed by atoms with Crippen molar-refractivity contribution in [2.75, 3.05) is 13.2 Å². The molecule has 0 amide bonds. The van der Waals surface area contributed by atoms with Gasteiger partial charge in [-0.1, -0.05) is 190 Å². The lowest BCUT2D eigenvalue weighted by atomic mass is 10.1. The Morgan fingerprint density at radius 3 is 0.984 bits per heavy atom. The van der Waals surface area contributed by atoms with Crippen molar-refractivity contribution in [3.8, 4) is 0 Å². The molecule has 6 heteroatoms. The van der Waals surface area contributed by atoms with E-state index in [-0.39, 0.29) is 31.1 Å². The van der Waals surface area contributed by atoms with Gasteiger partial charge in [0.05, 0.1) is 0 Å². The first-order chi connectivity index (χ1) is 30.5. The maximum atomic E-state index is 12.8. The van der Waals surface area contributed by atoms with Gasteiger partial charge in [-0.25, -0.2) is 0 Å². The molecule has 0 aromatic rings. The fraction of sp³-hybridized carbons (Fsp3) is 0.732. The first-order valence-corrected chi connectivity index (χ1v) is 25.9. The van der Waals surface area contributed by atoms with Crippen LogP contribution in [0.4, 0.5) is 0 Å². The molecule has 0 aliphatic rings. The SMILES string of the molecule is CCC/C=C\CCCCCCCC(=O)OCC(COC(=O)CCCCCCCC/C=C\C/C=C\C/C=C\CCCCC)OC(=O)CCCCCCC/C=C\C/C=C\CCCCC. The Hall–Kier alpha value is -3.15. The Labute approximate surface area is 382 Å². The highest BCUT2D eigenvalue weighted by Gasteiger charge is 2.19. The summed E-state index contributed by atoms with van der Waals surface area (Å²) >= 11 is 0. The number of unbranched alkanes of at least 4 members (excludes halogenated alkanes) is 23. The summed E-state index contributed by atoms with van der Waals surface area (Å²) in [5.74, 6) is -0.927. The Balaban J connectivity index is 4.39. The molecule has 1 unspecified atom stereocenters. The summed E-state index contributed by atoms with van der Waals surface area (Å²) in [5.41, 5.74) is 0. The van der Waals surface area contributed by atoms with Crippen LogP contribution in [-0.2, 0) is 28.6 Å². The highest BCUT2D eigenvalue weighted by Crippen LogP contribution is 2.13. The third-order valence-electron chi connectivity index (χ3n) is 10.9. The lowest BCUT2D eigenvalue weighted by molar-refractivity contribution is -0.167. The standard InChI is InChI=1S/C56H96O6/c1-4-7-10-13-16-19-22-24-26-27-28-29-31-32-34-37-40-43-46-49-55(58)61-52-53(51-60-54(57)48-45-42-39-36-21-18-15-12-9-6-3)62-56(59)50-47-44-41-38-35-33-30-25-23-20-17-14-11-8-5-2/h12,15-17,19-20,24-26,28-30,53H,4-11,13-14,18,21-23,27,31-52H2,1-3H3/b15-12-,19-16-,20-17-,26-24-,29-28-,30-25-. The van der Waals surface area contributed by atoms with E-state index >= 15 is 0 Å². The molecule has 0 aliphatic carbocycles. The first kappa shape index (κ1) is 58.9. The Kier molecular flexibility index (Phi) is 47.9. The number of allylic oxidation sites excluding steroid dienone is 12.